The molecule has 4 aliphatic rings. The topological polar surface area (TPSA) is 45.2 Å². The Bertz CT molecular complexity index is 1150. The molecule has 0 radical (unpaired) electrons. The summed E-state index contributed by atoms with van der Waals surface area (Å²) in [6.07, 6.45) is 11.3. The van der Waals surface area contributed by atoms with E-state index in [9.17, 15) is 9.18 Å². The van der Waals surface area contributed by atoms with E-state index >= 15 is 0 Å². The van der Waals surface area contributed by atoms with Gasteiger partial charge in [-0.05, 0) is 79.9 Å². The molecule has 3 saturated carbocycles. The van der Waals surface area contributed by atoms with Crippen LogP contribution in [-0.2, 0) is 4.79 Å². The van der Waals surface area contributed by atoms with Gasteiger partial charge < -0.3 is 10.2 Å². The molecule has 0 bridgehead atoms. The number of carbonyl (C=O) groups excluding carboxylic acids is 1. The largest absolute Gasteiger partial charge is 0.338 e. The Morgan fingerprint density at radius 3 is 2.76 bits per heavy atom. The van der Waals surface area contributed by atoms with Crippen LogP contribution in [0.4, 0.5) is 15.2 Å². The summed E-state index contributed by atoms with van der Waals surface area (Å²) in [5.74, 6) is 2.43. The number of carbonyl (C=O) groups is 1. The van der Waals surface area contributed by atoms with Gasteiger partial charge in [-0.2, -0.15) is 0 Å². The van der Waals surface area contributed by atoms with Crippen LogP contribution in [0.25, 0.3) is 0 Å². The molecule has 1 aliphatic heterocycles. The number of nitrogens with one attached hydrogen (secondary N) is 1. The molecule has 1 N–H and O–H groups in total. The number of hydrogen-bond donors (Lipinski definition) is 1. The summed E-state index contributed by atoms with van der Waals surface area (Å²) in [5, 5.41) is 6.15. The lowest BCUT2D eigenvalue weighted by atomic mass is 9.47. The van der Waals surface area contributed by atoms with Crippen LogP contribution in [-0.4, -0.2) is 28.9 Å². The summed E-state index contributed by atoms with van der Waals surface area (Å²) in [6, 6.07) is 7.11. The lowest BCUT2D eigenvalue weighted by Gasteiger charge is -2.60. The van der Waals surface area contributed by atoms with Crippen molar-refractivity contribution in [1.29, 1.82) is 0 Å². The minimum atomic E-state index is -0.251. The van der Waals surface area contributed by atoms with Gasteiger partial charge in [0.15, 0.2) is 5.13 Å². The second-order valence-corrected chi connectivity index (χ2v) is 12.3. The van der Waals surface area contributed by atoms with Gasteiger partial charge in [-0.15, -0.1) is 11.3 Å². The number of amides is 1. The normalized spacial score (nSPS) is 38.9. The highest BCUT2D eigenvalue weighted by Gasteiger charge is 2.60. The molecule has 1 aromatic carbocycles. The van der Waals surface area contributed by atoms with E-state index in [1.165, 1.54) is 43.9 Å². The molecule has 2 aromatic rings. The first-order valence-electron chi connectivity index (χ1n) is 12.7. The molecule has 6 heteroatoms. The number of likely N-dealkylation sites (N-methyl/N-ethyl adjacent to an activating group) is 1. The van der Waals surface area contributed by atoms with E-state index in [2.05, 4.69) is 30.6 Å². The van der Waals surface area contributed by atoms with Gasteiger partial charge in [-0.3, -0.25) is 4.79 Å². The van der Waals surface area contributed by atoms with Crippen molar-refractivity contribution in [2.45, 2.75) is 64.3 Å². The first-order chi connectivity index (χ1) is 16.3. The average molecular weight is 480 g/mol. The fourth-order valence-corrected chi connectivity index (χ4v) is 9.18. The number of fused-ring (bicyclic) bond motifs is 5. The Hall–Kier alpha value is -2.21. The zero-order valence-corrected chi connectivity index (χ0v) is 21.1. The third-order valence-electron chi connectivity index (χ3n) is 10.1. The van der Waals surface area contributed by atoms with Crippen molar-refractivity contribution in [3.05, 3.63) is 53.3 Å². The molecular formula is C28H34FN3OS. The standard InChI is InChI=1S/C28H34FN3OS/c1-27-14-12-19-17(8-11-24-28(19,2)15-13-25(33)32(24)3)18(27)9-10-20(27)23-16-34-26(31-23)30-22-7-5-4-6-21(22)29/h4-7,13,15-20,24H,8-12,14H2,1-3H3,(H,30,31)/t17-,18-,19-,20+,24+,27-,28+/m0/s1. The quantitative estimate of drug-likeness (QED) is 0.530. The highest BCUT2D eigenvalue weighted by atomic mass is 32.1. The van der Waals surface area contributed by atoms with E-state index < -0.39 is 0 Å². The van der Waals surface area contributed by atoms with E-state index in [0.717, 1.165) is 11.6 Å². The second-order valence-electron chi connectivity index (χ2n) is 11.5. The van der Waals surface area contributed by atoms with Gasteiger partial charge in [-0.1, -0.05) is 32.1 Å². The van der Waals surface area contributed by atoms with Crippen LogP contribution in [0.5, 0.6) is 0 Å². The SMILES string of the molecule is CN1C(=O)C=C[C@]2(C)[C@H]3CC[C@]4(C)[C@@H](c5csc(Nc6ccccc6F)n5)CC[C@H]4[C@@H]3CC[C@@H]12. The van der Waals surface area contributed by atoms with Crippen LogP contribution in [0.2, 0.25) is 0 Å². The molecule has 34 heavy (non-hydrogen) atoms. The molecule has 0 spiro atoms. The zero-order chi connectivity index (χ0) is 23.7. The van der Waals surface area contributed by atoms with E-state index in [1.54, 1.807) is 23.5 Å². The van der Waals surface area contributed by atoms with Crippen LogP contribution in [0.3, 0.4) is 0 Å². The van der Waals surface area contributed by atoms with E-state index in [1.807, 2.05) is 24.1 Å². The summed E-state index contributed by atoms with van der Waals surface area (Å²) < 4.78 is 14.1. The van der Waals surface area contributed by atoms with Gasteiger partial charge in [-0.25, -0.2) is 9.37 Å². The number of thiazole rings is 1. The van der Waals surface area contributed by atoms with Crippen LogP contribution in [0.1, 0.15) is 64.0 Å². The number of hydrogen-bond acceptors (Lipinski definition) is 4. The number of para-hydroxylation sites is 1. The van der Waals surface area contributed by atoms with Crippen molar-refractivity contribution in [2.24, 2.45) is 28.6 Å². The van der Waals surface area contributed by atoms with Crippen molar-refractivity contribution in [1.82, 2.24) is 9.88 Å². The molecular weight excluding hydrogens is 445 g/mol. The molecule has 1 amide bonds. The van der Waals surface area contributed by atoms with Gasteiger partial charge in [0.1, 0.15) is 5.82 Å². The van der Waals surface area contributed by atoms with Crippen molar-refractivity contribution >= 4 is 28.1 Å². The third-order valence-corrected chi connectivity index (χ3v) is 10.9. The predicted molar refractivity (Wildman–Crippen MR) is 135 cm³/mol. The number of aromatic nitrogens is 1. The highest BCUT2D eigenvalue weighted by Crippen LogP contribution is 2.67. The third kappa shape index (κ3) is 3.20. The summed E-state index contributed by atoms with van der Waals surface area (Å²) >= 11 is 1.58. The fourth-order valence-electron chi connectivity index (χ4n) is 8.41. The summed E-state index contributed by atoms with van der Waals surface area (Å²) in [5.41, 5.74) is 2.00. The Morgan fingerprint density at radius 1 is 1.12 bits per heavy atom. The number of benzene rings is 1. The summed E-state index contributed by atoms with van der Waals surface area (Å²) in [6.45, 7) is 4.92. The number of nitrogens with zero attached hydrogens (tertiary/aromatic N) is 2. The molecule has 3 fully saturated rings. The molecule has 0 saturated heterocycles. The van der Waals surface area contributed by atoms with E-state index in [4.69, 9.17) is 4.98 Å². The van der Waals surface area contributed by atoms with E-state index in [0.29, 0.717) is 35.4 Å². The van der Waals surface area contributed by atoms with Crippen molar-refractivity contribution in [2.75, 3.05) is 12.4 Å². The van der Waals surface area contributed by atoms with Gasteiger partial charge >= 0.3 is 0 Å². The average Bonchev–Trinajstić information content (AvgIpc) is 3.41. The van der Waals surface area contributed by atoms with Gasteiger partial charge in [0.2, 0.25) is 5.91 Å². The lowest BCUT2D eigenvalue weighted by Crippen LogP contribution is -2.59. The monoisotopic (exact) mass is 479 g/mol. The number of rotatable bonds is 3. The molecule has 4 nitrogen and oxygen atoms in total. The van der Waals surface area contributed by atoms with Crippen LogP contribution < -0.4 is 5.32 Å². The summed E-state index contributed by atoms with van der Waals surface area (Å²) in [4.78, 5) is 19.3. The Kier molecular flexibility index (Phi) is 5.18. The smallest absolute Gasteiger partial charge is 0.246 e. The van der Waals surface area contributed by atoms with Crippen molar-refractivity contribution in [3.8, 4) is 0 Å². The Labute approximate surface area is 205 Å². The second kappa shape index (κ2) is 7.91. The van der Waals surface area contributed by atoms with Crippen LogP contribution in [0, 0.1) is 34.4 Å². The van der Waals surface area contributed by atoms with Gasteiger partial charge in [0, 0.05) is 29.8 Å². The molecule has 180 valence electrons. The maximum atomic E-state index is 14.1. The molecule has 2 heterocycles. The predicted octanol–water partition coefficient (Wildman–Crippen LogP) is 6.75. The molecule has 3 aliphatic carbocycles. The van der Waals surface area contributed by atoms with Gasteiger partial charge in [0.05, 0.1) is 11.4 Å². The molecule has 1 aromatic heterocycles. The lowest BCUT2D eigenvalue weighted by molar-refractivity contribution is -0.138. The van der Waals surface area contributed by atoms with Crippen molar-refractivity contribution in [3.63, 3.8) is 0 Å². The molecule has 6 rings (SSSR count). The minimum absolute atomic E-state index is 0.0858. The van der Waals surface area contributed by atoms with Gasteiger partial charge in [0.25, 0.3) is 0 Å². The Balaban J connectivity index is 1.24. The minimum Gasteiger partial charge on any atom is -0.338 e. The first-order valence-corrected chi connectivity index (χ1v) is 13.6. The maximum absolute atomic E-state index is 14.1. The van der Waals surface area contributed by atoms with Crippen LogP contribution >= 0.6 is 11.3 Å². The molecule has 0 unspecified atom stereocenters. The zero-order valence-electron chi connectivity index (χ0n) is 20.3. The highest BCUT2D eigenvalue weighted by molar-refractivity contribution is 7.13. The first kappa shape index (κ1) is 22.3. The maximum Gasteiger partial charge on any atom is 0.246 e. The van der Waals surface area contributed by atoms with Crippen molar-refractivity contribution < 1.29 is 9.18 Å². The molecule has 7 atom stereocenters. The number of halogens is 1. The van der Waals surface area contributed by atoms with E-state index in [-0.39, 0.29) is 22.6 Å². The Morgan fingerprint density at radius 2 is 1.94 bits per heavy atom. The fraction of sp³-hybridized carbons (Fsp3) is 0.571. The summed E-state index contributed by atoms with van der Waals surface area (Å²) in [7, 11) is 1.99. The van der Waals surface area contributed by atoms with Crippen LogP contribution in [0.15, 0.2) is 41.8 Å². The number of anilines is 2.